The summed E-state index contributed by atoms with van der Waals surface area (Å²) in [5.41, 5.74) is -2.17. The molecule has 1 heterocycles. The van der Waals surface area contributed by atoms with Gasteiger partial charge in [0.25, 0.3) is 5.56 Å². The first kappa shape index (κ1) is 24.7. The summed E-state index contributed by atoms with van der Waals surface area (Å²) in [6.45, 7) is 4.88. The fourth-order valence-corrected chi connectivity index (χ4v) is 4.35. The average Bonchev–Trinajstić information content (AvgIpc) is 3.05. The first-order valence-electron chi connectivity index (χ1n) is 9.69. The van der Waals surface area contributed by atoms with Crippen LogP contribution in [0.2, 0.25) is 0 Å². The van der Waals surface area contributed by atoms with Gasteiger partial charge in [-0.25, -0.2) is 0 Å². The molecule has 3 aromatic rings. The molecular weight excluding hydrogens is 517 g/mol. The third kappa shape index (κ3) is 5.34. The highest BCUT2D eigenvalue weighted by atomic mass is 79.9. The molecule has 170 valence electrons. The maximum absolute atomic E-state index is 13.3. The molecule has 1 aromatic heterocycles. The van der Waals surface area contributed by atoms with Crippen LogP contribution in [0.5, 0.6) is 0 Å². The number of nitrogens with zero attached hydrogens (tertiary/aromatic N) is 2. The summed E-state index contributed by atoms with van der Waals surface area (Å²) in [6.07, 6.45) is -3.05. The Morgan fingerprint density at radius 2 is 1.76 bits per heavy atom. The highest BCUT2D eigenvalue weighted by molar-refractivity contribution is 9.10. The minimum Gasteiger partial charge on any atom is -0.293 e. The first-order valence-corrected chi connectivity index (χ1v) is 11.3. The van der Waals surface area contributed by atoms with Crippen LogP contribution >= 0.6 is 27.3 Å². The van der Waals surface area contributed by atoms with E-state index in [1.165, 1.54) is 12.1 Å². The number of hydrogen-bond donors (Lipinski definition) is 0. The molecular formula is C24H18BrF3N2O2S. The van der Waals surface area contributed by atoms with Crippen LogP contribution in [-0.2, 0) is 11.0 Å². The predicted octanol–water partition coefficient (Wildman–Crippen LogP) is 4.80. The Balaban J connectivity index is 2.44. The lowest BCUT2D eigenvalue weighted by Crippen LogP contribution is -2.33. The smallest absolute Gasteiger partial charge is 0.293 e. The summed E-state index contributed by atoms with van der Waals surface area (Å²) < 4.78 is 42.0. The average molecular weight is 535 g/mol. The molecule has 0 aliphatic rings. The maximum Gasteiger partial charge on any atom is 0.416 e. The fourth-order valence-electron chi connectivity index (χ4n) is 2.99. The third-order valence-corrected chi connectivity index (χ3v) is 6.28. The minimum atomic E-state index is -4.62. The summed E-state index contributed by atoms with van der Waals surface area (Å²) in [5.74, 6) is -0.512. The van der Waals surface area contributed by atoms with Gasteiger partial charge in [0.05, 0.1) is 15.8 Å². The molecule has 0 N–H and O–H groups in total. The molecule has 0 unspecified atom stereocenters. The van der Waals surface area contributed by atoms with Crippen LogP contribution in [0.4, 0.5) is 13.2 Å². The van der Waals surface area contributed by atoms with Crippen LogP contribution in [0.25, 0.3) is 17.3 Å². The molecule has 0 saturated heterocycles. The van der Waals surface area contributed by atoms with E-state index in [1.54, 1.807) is 51.1 Å². The Bertz CT molecular complexity index is 1440. The van der Waals surface area contributed by atoms with E-state index in [2.05, 4.69) is 15.9 Å². The highest BCUT2D eigenvalue weighted by Crippen LogP contribution is 2.30. The topological polar surface area (TPSA) is 62.9 Å². The van der Waals surface area contributed by atoms with Gasteiger partial charge in [0.15, 0.2) is 5.78 Å². The lowest BCUT2D eigenvalue weighted by molar-refractivity contribution is -0.137. The summed E-state index contributed by atoms with van der Waals surface area (Å²) in [5, 5.41) is 9.78. The number of Topliss-reactive ketones (excluding diaryl/α,β-unsaturated/α-hetero) is 1. The molecule has 33 heavy (non-hydrogen) atoms. The normalized spacial score (nSPS) is 13.6. The largest absolute Gasteiger partial charge is 0.416 e. The van der Waals surface area contributed by atoms with Crippen molar-refractivity contribution in [1.82, 2.24) is 4.57 Å². The SMILES string of the molecule is CC(C)(C)C(=O)/C(C#N)=c1/s/c(=C\c2ccc(Br)cc2)c(=O)n1-c1cccc(C(F)(F)F)c1. The number of alkyl halides is 3. The van der Waals surface area contributed by atoms with Crippen LogP contribution in [0.15, 0.2) is 57.8 Å². The van der Waals surface area contributed by atoms with Crippen molar-refractivity contribution in [3.63, 3.8) is 0 Å². The number of halogens is 4. The van der Waals surface area contributed by atoms with E-state index in [1.807, 2.05) is 6.07 Å². The van der Waals surface area contributed by atoms with Crippen molar-refractivity contribution >= 4 is 44.7 Å². The second kappa shape index (κ2) is 9.12. The van der Waals surface area contributed by atoms with E-state index >= 15 is 0 Å². The Hall–Kier alpha value is -2.96. The molecule has 0 radical (unpaired) electrons. The first-order chi connectivity index (χ1) is 15.3. The second-order valence-electron chi connectivity index (χ2n) is 8.22. The minimum absolute atomic E-state index is 0.00916. The molecule has 0 bridgehead atoms. The van der Waals surface area contributed by atoms with E-state index in [4.69, 9.17) is 0 Å². The van der Waals surface area contributed by atoms with Gasteiger partial charge < -0.3 is 0 Å². The number of rotatable bonds is 3. The quantitative estimate of drug-likeness (QED) is 0.485. The maximum atomic E-state index is 13.3. The zero-order valence-corrected chi connectivity index (χ0v) is 20.2. The van der Waals surface area contributed by atoms with Crippen molar-refractivity contribution in [2.45, 2.75) is 26.9 Å². The van der Waals surface area contributed by atoms with Crippen LogP contribution in [0.1, 0.15) is 31.9 Å². The van der Waals surface area contributed by atoms with Crippen LogP contribution < -0.4 is 14.8 Å². The number of benzene rings is 2. The van der Waals surface area contributed by atoms with Gasteiger partial charge in [-0.05, 0) is 42.0 Å². The van der Waals surface area contributed by atoms with Crippen molar-refractivity contribution < 1.29 is 18.0 Å². The molecule has 0 amide bonds. The third-order valence-electron chi connectivity index (χ3n) is 4.66. The Morgan fingerprint density at radius 1 is 1.12 bits per heavy atom. The van der Waals surface area contributed by atoms with Crippen molar-refractivity contribution in [3.8, 4) is 11.8 Å². The molecule has 0 aliphatic heterocycles. The van der Waals surface area contributed by atoms with E-state index in [0.29, 0.717) is 5.56 Å². The number of nitriles is 1. The zero-order chi connectivity index (χ0) is 24.6. The molecule has 0 fully saturated rings. The van der Waals surface area contributed by atoms with Crippen LogP contribution in [0, 0.1) is 16.7 Å². The molecule has 0 aliphatic carbocycles. The van der Waals surface area contributed by atoms with Crippen molar-refractivity contribution in [2.75, 3.05) is 0 Å². The summed E-state index contributed by atoms with van der Waals surface area (Å²) in [6, 6.07) is 13.2. The molecule has 0 saturated carbocycles. The van der Waals surface area contributed by atoms with Crippen molar-refractivity contribution in [3.05, 3.63) is 83.7 Å². The van der Waals surface area contributed by atoms with E-state index < -0.39 is 28.5 Å². The molecule has 0 atom stereocenters. The second-order valence-corrected chi connectivity index (χ2v) is 10.2. The summed E-state index contributed by atoms with van der Waals surface area (Å²) >= 11 is 4.22. The summed E-state index contributed by atoms with van der Waals surface area (Å²) in [4.78, 5) is 26.3. The van der Waals surface area contributed by atoms with Gasteiger partial charge in [-0.3, -0.25) is 14.2 Å². The number of thiazole rings is 1. The van der Waals surface area contributed by atoms with Gasteiger partial charge >= 0.3 is 6.18 Å². The Kier molecular flexibility index (Phi) is 6.82. The lowest BCUT2D eigenvalue weighted by atomic mass is 9.87. The van der Waals surface area contributed by atoms with Crippen LogP contribution in [-0.4, -0.2) is 10.4 Å². The highest BCUT2D eigenvalue weighted by Gasteiger charge is 2.31. The zero-order valence-electron chi connectivity index (χ0n) is 17.8. The van der Waals surface area contributed by atoms with Crippen molar-refractivity contribution in [2.24, 2.45) is 5.41 Å². The number of carbonyl (C=O) groups excluding carboxylic acids is 1. The number of ketones is 1. The Morgan fingerprint density at radius 3 is 2.30 bits per heavy atom. The standard InChI is InChI=1S/C24H18BrF3N2O2S/c1-23(2,3)20(31)18(13-29)22-30(17-6-4-5-15(12-17)24(26,27)28)21(32)19(33-22)11-14-7-9-16(25)10-8-14/h4-12H,1-3H3/b19-11-,22-18+. The van der Waals surface area contributed by atoms with E-state index in [0.717, 1.165) is 32.5 Å². The number of carbonyl (C=O) groups is 1. The molecule has 3 rings (SSSR count). The van der Waals surface area contributed by atoms with Gasteiger partial charge in [-0.2, -0.15) is 18.4 Å². The summed E-state index contributed by atoms with van der Waals surface area (Å²) in [7, 11) is 0. The molecule has 2 aromatic carbocycles. The molecule has 4 nitrogen and oxygen atoms in total. The van der Waals surface area contributed by atoms with Gasteiger partial charge in [-0.1, -0.05) is 54.9 Å². The number of aromatic nitrogens is 1. The Labute approximate surface area is 200 Å². The molecule has 0 spiro atoms. The van der Waals surface area contributed by atoms with Gasteiger partial charge in [0, 0.05) is 9.89 Å². The van der Waals surface area contributed by atoms with Crippen molar-refractivity contribution in [1.29, 1.82) is 5.26 Å². The van der Waals surface area contributed by atoms with Crippen LogP contribution in [0.3, 0.4) is 0 Å². The van der Waals surface area contributed by atoms with Gasteiger partial charge in [-0.15, -0.1) is 11.3 Å². The number of hydrogen-bond acceptors (Lipinski definition) is 4. The van der Waals surface area contributed by atoms with Gasteiger partial charge in [0.1, 0.15) is 16.3 Å². The fraction of sp³-hybridized carbons (Fsp3) is 0.208. The predicted molar refractivity (Wildman–Crippen MR) is 125 cm³/mol. The lowest BCUT2D eigenvalue weighted by Gasteiger charge is -2.15. The molecule has 9 heteroatoms. The monoisotopic (exact) mass is 534 g/mol. The van der Waals surface area contributed by atoms with E-state index in [9.17, 15) is 28.0 Å². The van der Waals surface area contributed by atoms with E-state index in [-0.39, 0.29) is 20.5 Å². The van der Waals surface area contributed by atoms with Gasteiger partial charge in [0.2, 0.25) is 0 Å².